The van der Waals surface area contributed by atoms with E-state index in [1.165, 1.54) is 87.4 Å². The van der Waals surface area contributed by atoms with Crippen molar-refractivity contribution in [2.45, 2.75) is 27.7 Å². The van der Waals surface area contributed by atoms with Crippen molar-refractivity contribution in [3.63, 3.8) is 0 Å². The van der Waals surface area contributed by atoms with E-state index >= 15 is 0 Å². The second kappa shape index (κ2) is 8.42. The zero-order valence-electron chi connectivity index (χ0n) is 22.0. The van der Waals surface area contributed by atoms with Crippen LogP contribution >= 0.6 is 0 Å². The predicted molar refractivity (Wildman–Crippen MR) is 161 cm³/mol. The smallest absolute Gasteiger partial charge is 0.0503 e. The van der Waals surface area contributed by atoms with Crippen molar-refractivity contribution in [1.82, 2.24) is 19.9 Å². The number of nitrogens with one attached hydrogen (secondary N) is 2. The first kappa shape index (κ1) is 22.5. The first-order valence-corrected chi connectivity index (χ1v) is 13.0. The zero-order valence-corrected chi connectivity index (χ0v) is 22.0. The van der Waals surface area contributed by atoms with Gasteiger partial charge >= 0.3 is 0 Å². The fraction of sp³-hybridized carbons (Fsp3) is 0.118. The van der Waals surface area contributed by atoms with E-state index in [0.29, 0.717) is 0 Å². The molecule has 2 N–H and O–H groups in total. The van der Waals surface area contributed by atoms with Crippen molar-refractivity contribution >= 4 is 65.2 Å². The Morgan fingerprint density at radius 3 is 1.32 bits per heavy atom. The molecule has 8 rings (SSSR count). The lowest BCUT2D eigenvalue weighted by Gasteiger charge is -2.08. The lowest BCUT2D eigenvalue weighted by atomic mass is 9.97. The molecule has 4 nitrogen and oxygen atoms in total. The monoisotopic (exact) mass is 492 g/mol. The summed E-state index contributed by atoms with van der Waals surface area (Å²) < 4.78 is 0. The Bertz CT molecular complexity index is 2020. The van der Waals surface area contributed by atoms with Crippen LogP contribution < -0.4 is 0 Å². The first-order valence-electron chi connectivity index (χ1n) is 13.0. The predicted octanol–water partition coefficient (Wildman–Crippen LogP) is 8.97. The van der Waals surface area contributed by atoms with Crippen molar-refractivity contribution in [3.05, 3.63) is 108 Å². The molecular formula is C34H28N4. The highest BCUT2D eigenvalue weighted by Crippen LogP contribution is 2.37. The van der Waals surface area contributed by atoms with Crippen LogP contribution in [0.5, 0.6) is 0 Å². The number of hydrogen-bond acceptors (Lipinski definition) is 2. The fourth-order valence-corrected chi connectivity index (χ4v) is 6.20. The molecule has 0 fully saturated rings. The van der Waals surface area contributed by atoms with Crippen molar-refractivity contribution in [1.29, 1.82) is 0 Å². The van der Waals surface area contributed by atoms with Crippen LogP contribution in [0.15, 0.2) is 85.5 Å². The molecule has 0 radical (unpaired) electrons. The van der Waals surface area contributed by atoms with Crippen LogP contribution in [-0.4, -0.2) is 19.9 Å². The van der Waals surface area contributed by atoms with Gasteiger partial charge in [-0.2, -0.15) is 0 Å². The third-order valence-corrected chi connectivity index (χ3v) is 8.17. The molecule has 184 valence electrons. The van der Waals surface area contributed by atoms with Crippen LogP contribution in [0, 0.1) is 27.7 Å². The number of aromatic nitrogens is 4. The molecule has 4 aromatic heterocycles. The van der Waals surface area contributed by atoms with E-state index in [1.807, 2.05) is 24.8 Å². The van der Waals surface area contributed by atoms with E-state index in [0.717, 1.165) is 0 Å². The first-order chi connectivity index (χ1) is 18.5. The van der Waals surface area contributed by atoms with Gasteiger partial charge in [-0.3, -0.25) is 9.97 Å². The topological polar surface area (TPSA) is 57.4 Å². The molecule has 38 heavy (non-hydrogen) atoms. The van der Waals surface area contributed by atoms with E-state index in [9.17, 15) is 0 Å². The quantitative estimate of drug-likeness (QED) is 0.222. The highest BCUT2D eigenvalue weighted by molar-refractivity contribution is 6.17. The largest absolute Gasteiger partial charge is 0.354 e. The van der Waals surface area contributed by atoms with Gasteiger partial charge < -0.3 is 9.97 Å². The van der Waals surface area contributed by atoms with Crippen molar-refractivity contribution in [2.24, 2.45) is 0 Å². The van der Waals surface area contributed by atoms with Gasteiger partial charge in [0, 0.05) is 68.1 Å². The summed E-state index contributed by atoms with van der Waals surface area (Å²) in [4.78, 5) is 15.7. The van der Waals surface area contributed by atoms with Gasteiger partial charge in [-0.15, -0.1) is 0 Å². The molecule has 0 unspecified atom stereocenters. The van der Waals surface area contributed by atoms with Crippen molar-refractivity contribution in [2.75, 3.05) is 0 Å². The Labute approximate surface area is 220 Å². The molecule has 0 spiro atoms. The van der Waals surface area contributed by atoms with Gasteiger partial charge in [0.15, 0.2) is 0 Å². The van der Waals surface area contributed by atoms with E-state index in [-0.39, 0.29) is 0 Å². The summed E-state index contributed by atoms with van der Waals surface area (Å²) >= 11 is 0. The van der Waals surface area contributed by atoms with Gasteiger partial charge in [0.1, 0.15) is 0 Å². The Balaban J connectivity index is 0.000000127. The normalized spacial score (nSPS) is 11.7. The number of aryl methyl sites for hydroxylation is 4. The average Bonchev–Trinajstić information content (AvgIpc) is 3.55. The minimum atomic E-state index is 1.20. The summed E-state index contributed by atoms with van der Waals surface area (Å²) in [6.45, 7) is 8.73. The number of nitrogens with zero attached hydrogens (tertiary/aromatic N) is 2. The molecule has 4 aromatic carbocycles. The second-order valence-electron chi connectivity index (χ2n) is 10.2. The van der Waals surface area contributed by atoms with E-state index in [4.69, 9.17) is 0 Å². The van der Waals surface area contributed by atoms with Crippen LogP contribution in [0.1, 0.15) is 22.3 Å². The number of hydrogen-bond donors (Lipinski definition) is 2. The molecule has 0 aliphatic heterocycles. The van der Waals surface area contributed by atoms with Crippen LogP contribution in [0.3, 0.4) is 0 Å². The minimum Gasteiger partial charge on any atom is -0.354 e. The summed E-state index contributed by atoms with van der Waals surface area (Å²) in [5.74, 6) is 0. The maximum Gasteiger partial charge on any atom is 0.0503 e. The average molecular weight is 493 g/mol. The van der Waals surface area contributed by atoms with Gasteiger partial charge in [-0.05, 0) is 85.0 Å². The standard InChI is InChI=1S/2C17H14N2/c2*1-10-14-9-18-8-7-12(14)11(2)17-16(10)13-5-3-4-6-15(13)19-17/h2*3-9,19H,1-2H3. The number of benzene rings is 4. The molecule has 4 heterocycles. The van der Waals surface area contributed by atoms with Crippen LogP contribution in [0.2, 0.25) is 0 Å². The van der Waals surface area contributed by atoms with E-state index in [2.05, 4.69) is 108 Å². The summed E-state index contributed by atoms with van der Waals surface area (Å²) in [6.07, 6.45) is 7.67. The number of aromatic amines is 2. The lowest BCUT2D eigenvalue weighted by molar-refractivity contribution is 1.35. The Morgan fingerprint density at radius 2 is 0.868 bits per heavy atom. The number of pyridine rings is 2. The fourth-order valence-electron chi connectivity index (χ4n) is 6.20. The number of H-pyrrole nitrogens is 2. The Kier molecular flexibility index (Phi) is 4.98. The number of fused-ring (bicyclic) bond motifs is 8. The molecule has 0 saturated heterocycles. The molecular weight excluding hydrogens is 464 g/mol. The summed E-state index contributed by atoms with van der Waals surface area (Å²) in [5.41, 5.74) is 10.1. The molecule has 8 aromatic rings. The van der Waals surface area contributed by atoms with Gasteiger partial charge in [0.05, 0.1) is 11.0 Å². The molecule has 0 saturated carbocycles. The Hall–Kier alpha value is -4.70. The molecule has 0 atom stereocenters. The van der Waals surface area contributed by atoms with E-state index < -0.39 is 0 Å². The van der Waals surface area contributed by atoms with Crippen molar-refractivity contribution in [3.8, 4) is 0 Å². The third-order valence-electron chi connectivity index (χ3n) is 8.17. The van der Waals surface area contributed by atoms with Gasteiger partial charge in [0.2, 0.25) is 0 Å². The zero-order chi connectivity index (χ0) is 26.0. The minimum absolute atomic E-state index is 1.20. The van der Waals surface area contributed by atoms with Crippen molar-refractivity contribution < 1.29 is 0 Å². The van der Waals surface area contributed by atoms with Crippen LogP contribution in [-0.2, 0) is 0 Å². The van der Waals surface area contributed by atoms with Gasteiger partial charge in [0.25, 0.3) is 0 Å². The summed E-state index contributed by atoms with van der Waals surface area (Å²) in [7, 11) is 0. The molecule has 0 bridgehead atoms. The van der Waals surface area contributed by atoms with Gasteiger partial charge in [-0.1, -0.05) is 36.4 Å². The summed E-state index contributed by atoms with van der Waals surface area (Å²) in [6, 6.07) is 21.2. The highest BCUT2D eigenvalue weighted by atomic mass is 14.7. The third kappa shape index (κ3) is 3.16. The highest BCUT2D eigenvalue weighted by Gasteiger charge is 2.14. The van der Waals surface area contributed by atoms with Gasteiger partial charge in [-0.25, -0.2) is 0 Å². The summed E-state index contributed by atoms with van der Waals surface area (Å²) in [5, 5.41) is 10.3. The van der Waals surface area contributed by atoms with E-state index in [1.54, 1.807) is 0 Å². The number of para-hydroxylation sites is 2. The SMILES string of the molecule is Cc1c2ccncc2c(C)c2c1[nH]c1ccccc12.Cc1c2ccncc2c(C)c2c1[nH]c1ccccc12. The maximum absolute atomic E-state index is 4.28. The molecule has 0 aliphatic rings. The van der Waals surface area contributed by atoms with Crippen LogP contribution in [0.25, 0.3) is 65.2 Å². The molecule has 0 aliphatic carbocycles. The number of rotatable bonds is 0. The lowest BCUT2D eigenvalue weighted by Crippen LogP contribution is -1.87. The molecule has 0 amide bonds. The maximum atomic E-state index is 4.28. The Morgan fingerprint density at radius 1 is 0.447 bits per heavy atom. The second-order valence-corrected chi connectivity index (χ2v) is 10.2. The van der Waals surface area contributed by atoms with Crippen LogP contribution in [0.4, 0.5) is 0 Å². The molecule has 4 heteroatoms.